The molecule has 2 heterocycles. The van der Waals surface area contributed by atoms with Crippen molar-refractivity contribution in [1.82, 2.24) is 20.3 Å². The number of H-pyrrole nitrogens is 1. The van der Waals surface area contributed by atoms with Gasteiger partial charge in [0.2, 0.25) is 5.91 Å². The normalized spacial score (nSPS) is 17.5. The highest BCUT2D eigenvalue weighted by Gasteiger charge is 2.25. The first-order valence-electron chi connectivity index (χ1n) is 7.00. The molecule has 20 heavy (non-hydrogen) atoms. The summed E-state index contributed by atoms with van der Waals surface area (Å²) in [5.41, 5.74) is 3.43. The largest absolute Gasteiger partial charge is 0.356 e. The van der Waals surface area contributed by atoms with E-state index in [2.05, 4.69) is 20.3 Å². The zero-order valence-corrected chi connectivity index (χ0v) is 11.3. The molecule has 0 aliphatic heterocycles. The van der Waals surface area contributed by atoms with Gasteiger partial charge in [0.05, 0.1) is 12.0 Å². The molecule has 0 saturated carbocycles. The predicted molar refractivity (Wildman–Crippen MR) is 75.1 cm³/mol. The SMILES string of the molecule is O=C(NCCc1ccncc1)[C@@H]1CCc2nc[nH]c2C1. The van der Waals surface area contributed by atoms with Crippen LogP contribution >= 0.6 is 0 Å². The van der Waals surface area contributed by atoms with E-state index in [9.17, 15) is 4.79 Å². The van der Waals surface area contributed by atoms with Crippen LogP contribution in [0.5, 0.6) is 0 Å². The summed E-state index contributed by atoms with van der Waals surface area (Å²) in [6.45, 7) is 0.676. The minimum absolute atomic E-state index is 0.0698. The minimum Gasteiger partial charge on any atom is -0.356 e. The van der Waals surface area contributed by atoms with Crippen LogP contribution < -0.4 is 5.32 Å². The third kappa shape index (κ3) is 2.87. The maximum absolute atomic E-state index is 12.2. The quantitative estimate of drug-likeness (QED) is 0.879. The van der Waals surface area contributed by atoms with Crippen LogP contribution in [0.2, 0.25) is 0 Å². The van der Waals surface area contributed by atoms with Crippen LogP contribution in [-0.2, 0) is 24.1 Å². The van der Waals surface area contributed by atoms with Gasteiger partial charge in [-0.25, -0.2) is 4.98 Å². The molecule has 5 heteroatoms. The Labute approximate surface area is 117 Å². The number of aromatic nitrogens is 3. The van der Waals surface area contributed by atoms with Gasteiger partial charge in [0.1, 0.15) is 0 Å². The number of carbonyl (C=O) groups is 1. The Balaban J connectivity index is 1.48. The van der Waals surface area contributed by atoms with Crippen molar-refractivity contribution in [2.45, 2.75) is 25.7 Å². The highest BCUT2D eigenvalue weighted by molar-refractivity contribution is 5.79. The van der Waals surface area contributed by atoms with E-state index in [1.54, 1.807) is 18.7 Å². The highest BCUT2D eigenvalue weighted by Crippen LogP contribution is 2.22. The average molecular weight is 270 g/mol. The lowest BCUT2D eigenvalue weighted by Crippen LogP contribution is -2.35. The van der Waals surface area contributed by atoms with E-state index >= 15 is 0 Å². The number of fused-ring (bicyclic) bond motifs is 1. The van der Waals surface area contributed by atoms with Gasteiger partial charge in [0, 0.05) is 37.0 Å². The molecular formula is C15H18N4O. The predicted octanol–water partition coefficient (Wildman–Crippen LogP) is 1.27. The lowest BCUT2D eigenvalue weighted by Gasteiger charge is -2.20. The van der Waals surface area contributed by atoms with Crippen molar-refractivity contribution in [3.8, 4) is 0 Å². The molecule has 0 spiro atoms. The van der Waals surface area contributed by atoms with Crippen molar-refractivity contribution in [3.05, 3.63) is 47.8 Å². The first-order valence-corrected chi connectivity index (χ1v) is 7.00. The standard InChI is InChI=1S/C15H18N4O/c20-15(17-8-5-11-3-6-16-7-4-11)12-1-2-13-14(9-12)19-10-18-13/h3-4,6-7,10,12H,1-2,5,8-9H2,(H,17,20)(H,18,19)/t12-/m1/s1. The molecule has 2 aromatic rings. The van der Waals surface area contributed by atoms with Crippen LogP contribution in [0.25, 0.3) is 0 Å². The molecule has 0 bridgehead atoms. The number of aryl methyl sites for hydroxylation is 1. The molecule has 5 nitrogen and oxygen atoms in total. The molecule has 1 aliphatic rings. The fourth-order valence-electron chi connectivity index (χ4n) is 2.65. The van der Waals surface area contributed by atoms with Crippen LogP contribution in [-0.4, -0.2) is 27.4 Å². The molecular weight excluding hydrogens is 252 g/mol. The van der Waals surface area contributed by atoms with Crippen LogP contribution in [0, 0.1) is 5.92 Å². The molecule has 1 atom stereocenters. The van der Waals surface area contributed by atoms with E-state index in [1.165, 1.54) is 5.56 Å². The van der Waals surface area contributed by atoms with Gasteiger partial charge >= 0.3 is 0 Å². The summed E-state index contributed by atoms with van der Waals surface area (Å²) in [5.74, 6) is 0.222. The zero-order valence-electron chi connectivity index (χ0n) is 11.3. The van der Waals surface area contributed by atoms with E-state index in [4.69, 9.17) is 0 Å². The van der Waals surface area contributed by atoms with Gasteiger partial charge in [-0.3, -0.25) is 9.78 Å². The average Bonchev–Trinajstić information content (AvgIpc) is 2.95. The molecule has 0 aromatic carbocycles. The first-order chi connectivity index (χ1) is 9.83. The third-order valence-corrected chi connectivity index (χ3v) is 3.82. The van der Waals surface area contributed by atoms with E-state index in [0.717, 1.165) is 37.1 Å². The smallest absolute Gasteiger partial charge is 0.223 e. The lowest BCUT2D eigenvalue weighted by atomic mass is 9.89. The summed E-state index contributed by atoms with van der Waals surface area (Å²) in [6.07, 6.45) is 8.66. The van der Waals surface area contributed by atoms with E-state index in [1.807, 2.05) is 12.1 Å². The van der Waals surface area contributed by atoms with Gasteiger partial charge in [0.15, 0.2) is 0 Å². The molecule has 2 aromatic heterocycles. The van der Waals surface area contributed by atoms with Crippen molar-refractivity contribution < 1.29 is 4.79 Å². The molecule has 1 aliphatic carbocycles. The van der Waals surface area contributed by atoms with Crippen molar-refractivity contribution in [1.29, 1.82) is 0 Å². The van der Waals surface area contributed by atoms with Crippen LogP contribution in [0.1, 0.15) is 23.4 Å². The summed E-state index contributed by atoms with van der Waals surface area (Å²) < 4.78 is 0. The lowest BCUT2D eigenvalue weighted by molar-refractivity contribution is -0.125. The van der Waals surface area contributed by atoms with Crippen molar-refractivity contribution in [2.75, 3.05) is 6.54 Å². The maximum atomic E-state index is 12.2. The molecule has 104 valence electrons. The van der Waals surface area contributed by atoms with Crippen LogP contribution in [0.15, 0.2) is 30.9 Å². The van der Waals surface area contributed by atoms with Crippen molar-refractivity contribution in [3.63, 3.8) is 0 Å². The summed E-state index contributed by atoms with van der Waals surface area (Å²) in [7, 11) is 0. The van der Waals surface area contributed by atoms with Crippen molar-refractivity contribution in [2.24, 2.45) is 5.92 Å². The Morgan fingerprint density at radius 3 is 3.10 bits per heavy atom. The second kappa shape index (κ2) is 5.86. The Morgan fingerprint density at radius 2 is 2.25 bits per heavy atom. The third-order valence-electron chi connectivity index (χ3n) is 3.82. The van der Waals surface area contributed by atoms with E-state index in [-0.39, 0.29) is 11.8 Å². The topological polar surface area (TPSA) is 70.7 Å². The molecule has 1 amide bonds. The second-order valence-corrected chi connectivity index (χ2v) is 5.16. The van der Waals surface area contributed by atoms with Gasteiger partial charge in [0.25, 0.3) is 0 Å². The fourth-order valence-corrected chi connectivity index (χ4v) is 2.65. The van der Waals surface area contributed by atoms with Crippen LogP contribution in [0.4, 0.5) is 0 Å². The number of rotatable bonds is 4. The Hall–Kier alpha value is -2.17. The molecule has 2 N–H and O–H groups in total. The summed E-state index contributed by atoms with van der Waals surface area (Å²) in [4.78, 5) is 23.5. The maximum Gasteiger partial charge on any atom is 0.223 e. The van der Waals surface area contributed by atoms with Gasteiger partial charge in [-0.05, 0) is 37.0 Å². The Bertz CT molecular complexity index is 579. The molecule has 0 saturated heterocycles. The number of hydrogen-bond acceptors (Lipinski definition) is 3. The van der Waals surface area contributed by atoms with E-state index < -0.39 is 0 Å². The monoisotopic (exact) mass is 270 g/mol. The van der Waals surface area contributed by atoms with Gasteiger partial charge in [-0.1, -0.05) is 0 Å². The van der Waals surface area contributed by atoms with E-state index in [0.29, 0.717) is 6.54 Å². The van der Waals surface area contributed by atoms with Crippen LogP contribution in [0.3, 0.4) is 0 Å². The van der Waals surface area contributed by atoms with Gasteiger partial charge < -0.3 is 10.3 Å². The number of nitrogens with one attached hydrogen (secondary N) is 2. The fraction of sp³-hybridized carbons (Fsp3) is 0.400. The highest BCUT2D eigenvalue weighted by atomic mass is 16.1. The minimum atomic E-state index is 0.0698. The number of amides is 1. The first kappa shape index (κ1) is 12.8. The van der Waals surface area contributed by atoms with Gasteiger partial charge in [-0.15, -0.1) is 0 Å². The summed E-state index contributed by atoms with van der Waals surface area (Å²) >= 11 is 0. The zero-order chi connectivity index (χ0) is 13.8. The number of imidazole rings is 1. The number of pyridine rings is 1. The number of hydrogen-bond donors (Lipinski definition) is 2. The van der Waals surface area contributed by atoms with Gasteiger partial charge in [-0.2, -0.15) is 0 Å². The summed E-state index contributed by atoms with van der Waals surface area (Å²) in [5, 5.41) is 3.03. The molecule has 0 fully saturated rings. The molecule has 0 unspecified atom stereocenters. The Kier molecular flexibility index (Phi) is 3.76. The second-order valence-electron chi connectivity index (χ2n) is 5.16. The number of carbonyl (C=O) groups excluding carboxylic acids is 1. The summed E-state index contributed by atoms with van der Waals surface area (Å²) in [6, 6.07) is 3.95. The molecule has 3 rings (SSSR count). The number of aromatic amines is 1. The van der Waals surface area contributed by atoms with Crippen molar-refractivity contribution >= 4 is 5.91 Å². The molecule has 0 radical (unpaired) electrons. The number of nitrogens with zero attached hydrogens (tertiary/aromatic N) is 2. The Morgan fingerprint density at radius 1 is 1.40 bits per heavy atom.